The molecule has 8 heteroatoms. The third kappa shape index (κ3) is 4.52. The highest BCUT2D eigenvalue weighted by Crippen LogP contribution is 2.23. The van der Waals surface area contributed by atoms with Crippen molar-refractivity contribution in [3.8, 4) is 0 Å². The molecule has 0 atom stereocenters. The standard InChI is InChI=1S/C19H21N3O5/c1-19(2,3)18-21-16(27-22-18)6-4-5-15(23)20-12-7-8-13-11(9-12)10-14(26-13)17(24)25/h7-10H,4-6H2,1-3H3,(H,20,23)(H,24,25). The molecule has 0 unspecified atom stereocenters. The Morgan fingerprint density at radius 1 is 1.22 bits per heavy atom. The summed E-state index contributed by atoms with van der Waals surface area (Å²) in [5.41, 5.74) is 0.861. The third-order valence-corrected chi connectivity index (χ3v) is 3.94. The molecule has 2 aromatic heterocycles. The molecule has 0 radical (unpaired) electrons. The number of aromatic nitrogens is 2. The summed E-state index contributed by atoms with van der Waals surface area (Å²) in [5.74, 6) is -0.244. The van der Waals surface area contributed by atoms with Crippen LogP contribution >= 0.6 is 0 Å². The Morgan fingerprint density at radius 3 is 2.67 bits per heavy atom. The number of nitrogens with zero attached hydrogens (tertiary/aromatic N) is 2. The Kier molecular flexibility index (Phi) is 4.98. The molecule has 0 fully saturated rings. The minimum absolute atomic E-state index is 0.136. The van der Waals surface area contributed by atoms with Gasteiger partial charge in [0.1, 0.15) is 5.58 Å². The van der Waals surface area contributed by atoms with Crippen molar-refractivity contribution in [1.82, 2.24) is 10.1 Å². The van der Waals surface area contributed by atoms with Crippen molar-refractivity contribution in [3.63, 3.8) is 0 Å². The molecule has 0 aliphatic heterocycles. The van der Waals surface area contributed by atoms with Crippen LogP contribution in [0.5, 0.6) is 0 Å². The summed E-state index contributed by atoms with van der Waals surface area (Å²) in [6, 6.07) is 6.40. The highest BCUT2D eigenvalue weighted by molar-refractivity contribution is 5.95. The number of benzene rings is 1. The number of anilines is 1. The van der Waals surface area contributed by atoms with E-state index in [1.165, 1.54) is 6.07 Å². The molecule has 2 N–H and O–H groups in total. The Balaban J connectivity index is 1.54. The second-order valence-corrected chi connectivity index (χ2v) is 7.33. The number of aromatic carboxylic acids is 1. The van der Waals surface area contributed by atoms with E-state index in [-0.39, 0.29) is 17.1 Å². The number of nitrogens with one attached hydrogen (secondary N) is 1. The number of carboxylic acid groups (broad SMARTS) is 1. The van der Waals surface area contributed by atoms with Crippen LogP contribution in [0.2, 0.25) is 0 Å². The smallest absolute Gasteiger partial charge is 0.371 e. The van der Waals surface area contributed by atoms with Gasteiger partial charge in [-0.25, -0.2) is 4.79 Å². The molecule has 0 saturated heterocycles. The first-order chi connectivity index (χ1) is 12.7. The summed E-state index contributed by atoms with van der Waals surface area (Å²) in [7, 11) is 0. The van der Waals surface area contributed by atoms with Gasteiger partial charge in [-0.3, -0.25) is 4.79 Å². The molecular formula is C19H21N3O5. The van der Waals surface area contributed by atoms with Crippen LogP contribution in [0.1, 0.15) is 55.9 Å². The molecule has 0 saturated carbocycles. The van der Waals surface area contributed by atoms with Crippen LogP contribution in [0.15, 0.2) is 33.2 Å². The normalized spacial score (nSPS) is 11.7. The van der Waals surface area contributed by atoms with Gasteiger partial charge in [0, 0.05) is 29.3 Å². The lowest BCUT2D eigenvalue weighted by molar-refractivity contribution is -0.116. The van der Waals surface area contributed by atoms with Crippen LogP contribution < -0.4 is 5.32 Å². The molecule has 142 valence electrons. The van der Waals surface area contributed by atoms with Gasteiger partial charge in [-0.15, -0.1) is 0 Å². The molecule has 2 heterocycles. The van der Waals surface area contributed by atoms with E-state index >= 15 is 0 Å². The minimum Gasteiger partial charge on any atom is -0.475 e. The van der Waals surface area contributed by atoms with Crippen LogP contribution in [0.4, 0.5) is 5.69 Å². The van der Waals surface area contributed by atoms with Gasteiger partial charge in [0.05, 0.1) is 0 Å². The van der Waals surface area contributed by atoms with Crippen molar-refractivity contribution in [2.45, 2.75) is 45.4 Å². The van der Waals surface area contributed by atoms with E-state index in [2.05, 4.69) is 15.5 Å². The zero-order valence-electron chi connectivity index (χ0n) is 15.4. The molecule has 3 rings (SSSR count). The Hall–Kier alpha value is -3.16. The highest BCUT2D eigenvalue weighted by atomic mass is 16.5. The third-order valence-electron chi connectivity index (χ3n) is 3.94. The number of fused-ring (bicyclic) bond motifs is 1. The number of furan rings is 1. The van der Waals surface area contributed by atoms with E-state index < -0.39 is 5.97 Å². The molecule has 0 spiro atoms. The van der Waals surface area contributed by atoms with Crippen molar-refractivity contribution in [2.75, 3.05) is 5.32 Å². The lowest BCUT2D eigenvalue weighted by atomic mass is 9.96. The lowest BCUT2D eigenvalue weighted by Crippen LogP contribution is -2.13. The Labute approximate surface area is 155 Å². The van der Waals surface area contributed by atoms with E-state index in [9.17, 15) is 9.59 Å². The first-order valence-corrected chi connectivity index (χ1v) is 8.62. The predicted octanol–water partition coefficient (Wildman–Crippen LogP) is 3.77. The fraction of sp³-hybridized carbons (Fsp3) is 0.368. The zero-order chi connectivity index (χ0) is 19.6. The molecule has 27 heavy (non-hydrogen) atoms. The SMILES string of the molecule is CC(C)(C)c1noc(CCCC(=O)Nc2ccc3oc(C(=O)O)cc3c2)n1. The van der Waals surface area contributed by atoms with Crippen molar-refractivity contribution < 1.29 is 23.6 Å². The van der Waals surface area contributed by atoms with Gasteiger partial charge >= 0.3 is 5.97 Å². The quantitative estimate of drug-likeness (QED) is 0.677. The first kappa shape index (κ1) is 18.6. The second-order valence-electron chi connectivity index (χ2n) is 7.33. The number of amides is 1. The van der Waals surface area contributed by atoms with Gasteiger partial charge in [-0.1, -0.05) is 25.9 Å². The number of carbonyl (C=O) groups is 2. The molecular weight excluding hydrogens is 350 g/mol. The van der Waals surface area contributed by atoms with Crippen LogP contribution in [0, 0.1) is 0 Å². The lowest BCUT2D eigenvalue weighted by Gasteiger charge is -2.10. The number of aryl methyl sites for hydroxylation is 1. The van der Waals surface area contributed by atoms with Crippen LogP contribution in [-0.4, -0.2) is 27.1 Å². The van der Waals surface area contributed by atoms with Gasteiger partial charge in [0.15, 0.2) is 5.82 Å². The van der Waals surface area contributed by atoms with E-state index in [4.69, 9.17) is 14.0 Å². The predicted molar refractivity (Wildman–Crippen MR) is 97.7 cm³/mol. The topological polar surface area (TPSA) is 118 Å². The average Bonchev–Trinajstić information content (AvgIpc) is 3.20. The Morgan fingerprint density at radius 2 is 2.00 bits per heavy atom. The van der Waals surface area contributed by atoms with Crippen molar-refractivity contribution in [2.24, 2.45) is 0 Å². The summed E-state index contributed by atoms with van der Waals surface area (Å²) < 4.78 is 10.4. The van der Waals surface area contributed by atoms with Crippen LogP contribution in [0.3, 0.4) is 0 Å². The molecule has 1 aromatic carbocycles. The molecule has 3 aromatic rings. The zero-order valence-corrected chi connectivity index (χ0v) is 15.4. The van der Waals surface area contributed by atoms with Crippen molar-refractivity contribution >= 4 is 28.5 Å². The number of rotatable bonds is 6. The number of hydrogen-bond acceptors (Lipinski definition) is 6. The number of hydrogen-bond donors (Lipinski definition) is 2. The number of carbonyl (C=O) groups excluding carboxylic acids is 1. The van der Waals surface area contributed by atoms with Crippen LogP contribution in [-0.2, 0) is 16.6 Å². The van der Waals surface area contributed by atoms with Crippen molar-refractivity contribution in [3.05, 3.63) is 41.7 Å². The molecule has 8 nitrogen and oxygen atoms in total. The largest absolute Gasteiger partial charge is 0.475 e. The molecule has 1 amide bonds. The summed E-state index contributed by atoms with van der Waals surface area (Å²) in [4.78, 5) is 27.4. The van der Waals surface area contributed by atoms with Gasteiger partial charge in [0.2, 0.25) is 17.6 Å². The summed E-state index contributed by atoms with van der Waals surface area (Å²) in [5, 5.41) is 16.3. The summed E-state index contributed by atoms with van der Waals surface area (Å²) in [6.45, 7) is 6.02. The van der Waals surface area contributed by atoms with E-state index in [0.717, 1.165) is 0 Å². The molecule has 0 bridgehead atoms. The van der Waals surface area contributed by atoms with Gasteiger partial charge in [0.25, 0.3) is 0 Å². The second kappa shape index (κ2) is 7.22. The average molecular weight is 371 g/mol. The first-order valence-electron chi connectivity index (χ1n) is 8.62. The summed E-state index contributed by atoms with van der Waals surface area (Å²) in [6.07, 6.45) is 1.41. The minimum atomic E-state index is -1.13. The van der Waals surface area contributed by atoms with Crippen LogP contribution in [0.25, 0.3) is 11.0 Å². The fourth-order valence-electron chi connectivity index (χ4n) is 2.51. The maximum Gasteiger partial charge on any atom is 0.371 e. The monoisotopic (exact) mass is 371 g/mol. The van der Waals surface area contributed by atoms with E-state index in [1.807, 2.05) is 20.8 Å². The van der Waals surface area contributed by atoms with E-state index in [0.29, 0.717) is 47.6 Å². The molecule has 0 aliphatic rings. The molecule has 0 aliphatic carbocycles. The van der Waals surface area contributed by atoms with Gasteiger partial charge in [-0.2, -0.15) is 4.98 Å². The van der Waals surface area contributed by atoms with Gasteiger partial charge < -0.3 is 19.4 Å². The maximum absolute atomic E-state index is 12.1. The number of carboxylic acids is 1. The Bertz CT molecular complexity index is 981. The summed E-state index contributed by atoms with van der Waals surface area (Å²) >= 11 is 0. The maximum atomic E-state index is 12.1. The highest BCUT2D eigenvalue weighted by Gasteiger charge is 2.20. The fourth-order valence-corrected chi connectivity index (χ4v) is 2.51. The van der Waals surface area contributed by atoms with Crippen molar-refractivity contribution in [1.29, 1.82) is 0 Å². The van der Waals surface area contributed by atoms with Gasteiger partial charge in [-0.05, 0) is 30.7 Å². The van der Waals surface area contributed by atoms with E-state index in [1.54, 1.807) is 18.2 Å².